The lowest BCUT2D eigenvalue weighted by atomic mass is 10.0. The molecule has 1 aromatic heterocycles. The van der Waals surface area contributed by atoms with Gasteiger partial charge in [0.05, 0.1) is 17.2 Å². The van der Waals surface area contributed by atoms with E-state index in [1.807, 2.05) is 0 Å². The zero-order valence-corrected chi connectivity index (χ0v) is 14.3. The van der Waals surface area contributed by atoms with E-state index in [-0.39, 0.29) is 23.5 Å². The Hall–Kier alpha value is -3.29. The minimum absolute atomic E-state index is 0.0550. The highest BCUT2D eigenvalue weighted by Crippen LogP contribution is 2.36. The molecule has 28 heavy (non-hydrogen) atoms. The van der Waals surface area contributed by atoms with Crippen molar-refractivity contribution in [1.82, 2.24) is 5.16 Å². The number of aliphatic imine (C=N–C) groups is 2. The molecule has 2 heterocycles. The maximum Gasteiger partial charge on any atom is 0.417 e. The van der Waals surface area contributed by atoms with Crippen molar-refractivity contribution in [1.29, 1.82) is 0 Å². The number of nitrogens with zero attached hydrogens (tertiary/aromatic N) is 3. The second kappa shape index (κ2) is 7.03. The zero-order chi connectivity index (χ0) is 19.7. The lowest BCUT2D eigenvalue weighted by molar-refractivity contribution is -0.137. The molecule has 0 N–H and O–H groups in total. The van der Waals surface area contributed by atoms with Gasteiger partial charge < -0.3 is 4.52 Å². The number of rotatable bonds is 4. The number of aromatic nitrogens is 1. The first-order chi connectivity index (χ1) is 13.4. The highest BCUT2D eigenvalue weighted by molar-refractivity contribution is 6.07. The van der Waals surface area contributed by atoms with Crippen LogP contribution in [-0.2, 0) is 12.6 Å². The molecule has 0 saturated carbocycles. The molecule has 1 aliphatic rings. The third-order valence-electron chi connectivity index (χ3n) is 4.25. The quantitative estimate of drug-likeness (QED) is 0.596. The molecule has 0 fully saturated rings. The van der Waals surface area contributed by atoms with Gasteiger partial charge in [-0.3, -0.25) is 4.99 Å². The fraction of sp³-hybridized carbons (Fsp3) is 0.150. The van der Waals surface area contributed by atoms with Gasteiger partial charge in [-0.15, -0.1) is 0 Å². The number of amidine groups is 1. The van der Waals surface area contributed by atoms with E-state index in [2.05, 4.69) is 15.1 Å². The molecule has 4 nitrogen and oxygen atoms in total. The molecule has 3 aromatic rings. The summed E-state index contributed by atoms with van der Waals surface area (Å²) >= 11 is 0. The van der Waals surface area contributed by atoms with Gasteiger partial charge in [0.2, 0.25) is 0 Å². The minimum Gasteiger partial charge on any atom is -0.361 e. The summed E-state index contributed by atoms with van der Waals surface area (Å²) in [4.78, 5) is 8.47. The fourth-order valence-electron chi connectivity index (χ4n) is 2.96. The van der Waals surface area contributed by atoms with E-state index in [0.29, 0.717) is 11.3 Å². The van der Waals surface area contributed by atoms with Crippen LogP contribution in [0.15, 0.2) is 69.1 Å². The van der Waals surface area contributed by atoms with E-state index in [4.69, 9.17) is 4.52 Å². The predicted molar refractivity (Wildman–Crippen MR) is 95.9 cm³/mol. The van der Waals surface area contributed by atoms with E-state index in [0.717, 1.165) is 6.07 Å². The van der Waals surface area contributed by atoms with Crippen molar-refractivity contribution in [3.05, 3.63) is 77.3 Å². The summed E-state index contributed by atoms with van der Waals surface area (Å²) in [5, 5.41) is 3.77. The first kappa shape index (κ1) is 18.1. The Kier molecular flexibility index (Phi) is 4.54. The smallest absolute Gasteiger partial charge is 0.361 e. The zero-order valence-electron chi connectivity index (χ0n) is 14.3. The summed E-state index contributed by atoms with van der Waals surface area (Å²) < 4.78 is 58.6. The summed E-state index contributed by atoms with van der Waals surface area (Å²) in [5.41, 5.74) is -0.451. The van der Waals surface area contributed by atoms with Crippen LogP contribution in [0.1, 0.15) is 16.9 Å². The molecule has 1 atom stereocenters. The first-order valence-electron chi connectivity index (χ1n) is 8.41. The highest BCUT2D eigenvalue weighted by atomic mass is 19.4. The third-order valence-corrected chi connectivity index (χ3v) is 4.25. The molecular weight excluding hydrogens is 374 g/mol. The fourth-order valence-corrected chi connectivity index (χ4v) is 2.96. The molecule has 1 unspecified atom stereocenters. The first-order valence-corrected chi connectivity index (χ1v) is 8.41. The van der Waals surface area contributed by atoms with Gasteiger partial charge in [-0.05, 0) is 18.2 Å². The molecule has 0 amide bonds. The van der Waals surface area contributed by atoms with Crippen molar-refractivity contribution in [3.8, 4) is 11.3 Å². The molecule has 1 aliphatic heterocycles. The summed E-state index contributed by atoms with van der Waals surface area (Å²) in [5.74, 6) is 0.206. The van der Waals surface area contributed by atoms with Gasteiger partial charge in [0, 0.05) is 24.3 Å². The lowest BCUT2D eigenvalue weighted by Crippen LogP contribution is -2.07. The molecule has 2 aromatic carbocycles. The molecule has 0 spiro atoms. The van der Waals surface area contributed by atoms with Crippen LogP contribution in [0.25, 0.3) is 11.3 Å². The van der Waals surface area contributed by atoms with Gasteiger partial charge in [0.25, 0.3) is 0 Å². The molecule has 8 heteroatoms. The van der Waals surface area contributed by atoms with Crippen LogP contribution in [0.5, 0.6) is 0 Å². The van der Waals surface area contributed by atoms with Crippen molar-refractivity contribution < 1.29 is 22.1 Å². The average molecular weight is 387 g/mol. The Morgan fingerprint density at radius 2 is 1.68 bits per heavy atom. The van der Waals surface area contributed by atoms with E-state index in [1.165, 1.54) is 30.3 Å². The van der Waals surface area contributed by atoms with Gasteiger partial charge in [0.1, 0.15) is 17.3 Å². The van der Waals surface area contributed by atoms with Crippen molar-refractivity contribution in [3.63, 3.8) is 0 Å². The maximum absolute atomic E-state index is 13.8. The summed E-state index contributed by atoms with van der Waals surface area (Å²) in [7, 11) is 0. The Balaban J connectivity index is 1.55. The van der Waals surface area contributed by atoms with E-state index < -0.39 is 23.6 Å². The number of benzene rings is 2. The van der Waals surface area contributed by atoms with Crippen LogP contribution < -0.4 is 0 Å². The van der Waals surface area contributed by atoms with Gasteiger partial charge in [-0.1, -0.05) is 35.5 Å². The van der Waals surface area contributed by atoms with Gasteiger partial charge in [0.15, 0.2) is 5.84 Å². The average Bonchev–Trinajstić information content (AvgIpc) is 3.32. The van der Waals surface area contributed by atoms with E-state index >= 15 is 0 Å². The van der Waals surface area contributed by atoms with Crippen LogP contribution in [-0.4, -0.2) is 23.2 Å². The van der Waals surface area contributed by atoms with Crippen molar-refractivity contribution >= 4 is 12.1 Å². The normalized spacial score (nSPS) is 16.4. The SMILES string of the molecule is Fc1ccccc1C1=NC(Cc2cc(-c3ccccc3C(F)(F)F)no2)C=N1. The standard InChI is InChI=1S/C20H13F4N3O/c21-17-8-4-2-6-15(17)19-25-11-12(26-19)9-13-10-18(27-28-13)14-5-1-3-7-16(14)20(22,23)24/h1-8,10-12H,9H2. The second-order valence-corrected chi connectivity index (χ2v) is 6.20. The van der Waals surface area contributed by atoms with Crippen molar-refractivity contribution in [2.45, 2.75) is 18.6 Å². The topological polar surface area (TPSA) is 50.8 Å². The Morgan fingerprint density at radius 3 is 2.43 bits per heavy atom. The highest BCUT2D eigenvalue weighted by Gasteiger charge is 2.34. The number of alkyl halides is 3. The molecule has 4 rings (SSSR count). The monoisotopic (exact) mass is 387 g/mol. The third kappa shape index (κ3) is 3.58. The van der Waals surface area contributed by atoms with Crippen molar-refractivity contribution in [2.24, 2.45) is 9.98 Å². The Labute approximate surface area is 157 Å². The number of hydrogen-bond donors (Lipinski definition) is 0. The number of halogens is 4. The molecule has 0 aliphatic carbocycles. The maximum atomic E-state index is 13.8. The van der Waals surface area contributed by atoms with Crippen LogP contribution >= 0.6 is 0 Å². The largest absolute Gasteiger partial charge is 0.417 e. The Morgan fingerprint density at radius 1 is 0.964 bits per heavy atom. The second-order valence-electron chi connectivity index (χ2n) is 6.20. The summed E-state index contributed by atoms with van der Waals surface area (Å²) in [6.45, 7) is 0. The molecular formula is C20H13F4N3O. The van der Waals surface area contributed by atoms with E-state index in [9.17, 15) is 17.6 Å². The number of hydrogen-bond acceptors (Lipinski definition) is 4. The van der Waals surface area contributed by atoms with Gasteiger partial charge in [-0.2, -0.15) is 13.2 Å². The van der Waals surface area contributed by atoms with Crippen LogP contribution in [0.2, 0.25) is 0 Å². The minimum atomic E-state index is -4.49. The lowest BCUT2D eigenvalue weighted by Gasteiger charge is -2.10. The van der Waals surface area contributed by atoms with Gasteiger partial charge >= 0.3 is 6.18 Å². The van der Waals surface area contributed by atoms with Crippen LogP contribution in [0.4, 0.5) is 17.6 Å². The predicted octanol–water partition coefficient (Wildman–Crippen LogP) is 4.94. The summed E-state index contributed by atoms with van der Waals surface area (Å²) in [6.07, 6.45) is -2.69. The molecule has 142 valence electrons. The van der Waals surface area contributed by atoms with E-state index in [1.54, 1.807) is 24.4 Å². The summed E-state index contributed by atoms with van der Waals surface area (Å²) in [6, 6.07) is 12.4. The van der Waals surface area contributed by atoms with Crippen LogP contribution in [0.3, 0.4) is 0 Å². The van der Waals surface area contributed by atoms with Gasteiger partial charge in [-0.25, -0.2) is 9.38 Å². The molecule has 0 radical (unpaired) electrons. The Bertz CT molecular complexity index is 1070. The van der Waals surface area contributed by atoms with Crippen molar-refractivity contribution in [2.75, 3.05) is 0 Å². The van der Waals surface area contributed by atoms with Crippen LogP contribution in [0, 0.1) is 5.82 Å². The molecule has 0 saturated heterocycles. The molecule has 0 bridgehead atoms.